The molecule has 0 saturated heterocycles. The molecular formula is C13H13NO5. The molecule has 0 bridgehead atoms. The van der Waals surface area contributed by atoms with E-state index >= 15 is 0 Å². The van der Waals surface area contributed by atoms with Crippen LogP contribution in [0.15, 0.2) is 41.6 Å². The van der Waals surface area contributed by atoms with E-state index in [1.165, 1.54) is 20.1 Å². The van der Waals surface area contributed by atoms with Gasteiger partial charge in [0.15, 0.2) is 0 Å². The normalized spacial score (nSPS) is 11.4. The molecule has 1 N–H and O–H groups in total. The number of ether oxygens (including phenoxy) is 1. The van der Waals surface area contributed by atoms with Gasteiger partial charge < -0.3 is 14.7 Å². The molecular weight excluding hydrogens is 250 g/mol. The molecule has 0 fully saturated rings. The summed E-state index contributed by atoms with van der Waals surface area (Å²) in [5.74, 6) is -1.25. The van der Waals surface area contributed by atoms with E-state index in [4.69, 9.17) is 9.84 Å². The minimum atomic E-state index is -1.13. The average molecular weight is 263 g/mol. The smallest absolute Gasteiger partial charge is 0.332 e. The Labute approximate surface area is 109 Å². The van der Waals surface area contributed by atoms with E-state index in [0.717, 1.165) is 6.08 Å². The number of carboxylic acid groups (broad SMARTS) is 1. The van der Waals surface area contributed by atoms with E-state index in [1.54, 1.807) is 24.3 Å². The van der Waals surface area contributed by atoms with Gasteiger partial charge in [-0.3, -0.25) is 0 Å². The summed E-state index contributed by atoms with van der Waals surface area (Å²) in [6, 6.07) is 6.85. The maximum Gasteiger partial charge on any atom is 0.332 e. The van der Waals surface area contributed by atoms with Gasteiger partial charge in [-0.05, 0) is 18.2 Å². The molecule has 0 heterocycles. The van der Waals surface area contributed by atoms with Crippen LogP contribution in [-0.4, -0.2) is 29.9 Å². The lowest BCUT2D eigenvalue weighted by Gasteiger charge is -2.07. The Hall–Kier alpha value is -2.63. The Morgan fingerprint density at radius 2 is 1.95 bits per heavy atom. The number of carboxylic acids is 1. The highest BCUT2D eigenvalue weighted by Gasteiger charge is 2.09. The van der Waals surface area contributed by atoms with Crippen LogP contribution in [0, 0.1) is 0 Å². The monoisotopic (exact) mass is 263 g/mol. The standard InChI is InChI=1S/C13H13NO5/c1-9(15)19-14-11(7-8-13(16)17)10-5-3-4-6-12(10)18-2/h3-8H,1-2H3,(H,16,17)/b8-7+,14-11+. The molecule has 0 aromatic heterocycles. The van der Waals surface area contributed by atoms with Crippen molar-refractivity contribution in [1.82, 2.24) is 0 Å². The van der Waals surface area contributed by atoms with Crippen LogP contribution in [0.2, 0.25) is 0 Å². The fourth-order valence-corrected chi connectivity index (χ4v) is 1.29. The maximum atomic E-state index is 10.8. The number of benzene rings is 1. The number of hydrogen-bond donors (Lipinski definition) is 1. The van der Waals surface area contributed by atoms with Crippen molar-refractivity contribution < 1.29 is 24.3 Å². The third-order valence-corrected chi connectivity index (χ3v) is 2.04. The fourth-order valence-electron chi connectivity index (χ4n) is 1.29. The van der Waals surface area contributed by atoms with Gasteiger partial charge in [-0.1, -0.05) is 17.3 Å². The lowest BCUT2D eigenvalue weighted by molar-refractivity contribution is -0.140. The van der Waals surface area contributed by atoms with Gasteiger partial charge >= 0.3 is 11.9 Å². The van der Waals surface area contributed by atoms with Crippen molar-refractivity contribution in [2.75, 3.05) is 7.11 Å². The quantitative estimate of drug-likeness (QED) is 0.377. The number of rotatable bonds is 5. The molecule has 0 spiro atoms. The lowest BCUT2D eigenvalue weighted by atomic mass is 10.1. The first kappa shape index (κ1) is 14.4. The van der Waals surface area contributed by atoms with E-state index < -0.39 is 11.9 Å². The summed E-state index contributed by atoms with van der Waals surface area (Å²) in [6.45, 7) is 1.20. The minimum absolute atomic E-state index is 0.176. The Morgan fingerprint density at radius 1 is 1.26 bits per heavy atom. The van der Waals surface area contributed by atoms with Gasteiger partial charge in [0.05, 0.1) is 7.11 Å². The summed E-state index contributed by atoms with van der Waals surface area (Å²) in [7, 11) is 1.48. The Balaban J connectivity index is 3.18. The Bertz CT molecular complexity index is 534. The zero-order valence-corrected chi connectivity index (χ0v) is 10.5. The van der Waals surface area contributed by atoms with Crippen LogP contribution < -0.4 is 4.74 Å². The summed E-state index contributed by atoms with van der Waals surface area (Å²) in [4.78, 5) is 25.9. The largest absolute Gasteiger partial charge is 0.496 e. The second-order valence-corrected chi connectivity index (χ2v) is 3.43. The topological polar surface area (TPSA) is 85.2 Å². The zero-order valence-electron chi connectivity index (χ0n) is 10.5. The maximum absolute atomic E-state index is 10.8. The van der Waals surface area contributed by atoms with Crippen molar-refractivity contribution in [3.8, 4) is 5.75 Å². The highest BCUT2D eigenvalue weighted by molar-refractivity contribution is 6.12. The highest BCUT2D eigenvalue weighted by atomic mass is 16.7. The van der Waals surface area contributed by atoms with Crippen LogP contribution in [0.1, 0.15) is 12.5 Å². The molecule has 6 heteroatoms. The molecule has 1 aromatic carbocycles. The van der Waals surface area contributed by atoms with Gasteiger partial charge in [-0.15, -0.1) is 0 Å². The number of allylic oxidation sites excluding steroid dienone is 1. The molecule has 0 aliphatic rings. The first-order chi connectivity index (χ1) is 9.04. The van der Waals surface area contributed by atoms with Gasteiger partial charge in [0.1, 0.15) is 11.5 Å². The number of aliphatic carboxylic acids is 1. The van der Waals surface area contributed by atoms with Gasteiger partial charge in [0.2, 0.25) is 0 Å². The second-order valence-electron chi connectivity index (χ2n) is 3.43. The number of carbonyl (C=O) groups is 2. The van der Waals surface area contributed by atoms with E-state index in [1.807, 2.05) is 0 Å². The summed E-state index contributed by atoms with van der Waals surface area (Å²) >= 11 is 0. The molecule has 0 aliphatic carbocycles. The summed E-state index contributed by atoms with van der Waals surface area (Å²) in [5.41, 5.74) is 0.693. The lowest BCUT2D eigenvalue weighted by Crippen LogP contribution is -2.04. The predicted molar refractivity (Wildman–Crippen MR) is 68.1 cm³/mol. The first-order valence-corrected chi connectivity index (χ1v) is 5.34. The Kier molecular flexibility index (Phi) is 5.28. The molecule has 6 nitrogen and oxygen atoms in total. The van der Waals surface area contributed by atoms with Gasteiger partial charge in [-0.25, -0.2) is 9.59 Å². The van der Waals surface area contributed by atoms with Crippen molar-refractivity contribution in [2.24, 2.45) is 5.16 Å². The number of para-hydroxylation sites is 1. The van der Waals surface area contributed by atoms with Crippen LogP contribution in [-0.2, 0) is 14.4 Å². The molecule has 19 heavy (non-hydrogen) atoms. The van der Waals surface area contributed by atoms with Crippen molar-refractivity contribution in [1.29, 1.82) is 0 Å². The van der Waals surface area contributed by atoms with E-state index in [2.05, 4.69) is 9.99 Å². The molecule has 1 aromatic rings. The average Bonchev–Trinajstić information content (AvgIpc) is 2.38. The molecule has 0 unspecified atom stereocenters. The van der Waals surface area contributed by atoms with Crippen LogP contribution in [0.25, 0.3) is 0 Å². The van der Waals surface area contributed by atoms with Crippen LogP contribution in [0.3, 0.4) is 0 Å². The van der Waals surface area contributed by atoms with Crippen molar-refractivity contribution in [3.63, 3.8) is 0 Å². The number of methoxy groups -OCH3 is 1. The van der Waals surface area contributed by atoms with E-state index in [9.17, 15) is 9.59 Å². The van der Waals surface area contributed by atoms with E-state index in [0.29, 0.717) is 11.3 Å². The number of nitrogens with zero attached hydrogens (tertiary/aromatic N) is 1. The molecule has 0 atom stereocenters. The highest BCUT2D eigenvalue weighted by Crippen LogP contribution is 2.19. The molecule has 1 rings (SSSR count). The molecule has 0 aliphatic heterocycles. The molecule has 0 radical (unpaired) electrons. The number of hydrogen-bond acceptors (Lipinski definition) is 5. The minimum Gasteiger partial charge on any atom is -0.496 e. The molecule has 0 saturated carbocycles. The fraction of sp³-hybridized carbons (Fsp3) is 0.154. The second kappa shape index (κ2) is 6.95. The van der Waals surface area contributed by atoms with Gasteiger partial charge in [-0.2, -0.15) is 0 Å². The van der Waals surface area contributed by atoms with Crippen LogP contribution in [0.5, 0.6) is 5.75 Å². The van der Waals surface area contributed by atoms with Crippen LogP contribution >= 0.6 is 0 Å². The van der Waals surface area contributed by atoms with Gasteiger partial charge in [0, 0.05) is 18.6 Å². The van der Waals surface area contributed by atoms with Gasteiger partial charge in [0.25, 0.3) is 0 Å². The molecule has 100 valence electrons. The zero-order chi connectivity index (χ0) is 14.3. The number of oxime groups is 1. The summed E-state index contributed by atoms with van der Waals surface area (Å²) in [6.07, 6.45) is 2.12. The van der Waals surface area contributed by atoms with Crippen LogP contribution in [0.4, 0.5) is 0 Å². The summed E-state index contributed by atoms with van der Waals surface area (Å²) < 4.78 is 5.14. The molecule has 0 amide bonds. The number of carbonyl (C=O) groups excluding carboxylic acids is 1. The van der Waals surface area contributed by atoms with Crippen molar-refractivity contribution in [2.45, 2.75) is 6.92 Å². The third-order valence-electron chi connectivity index (χ3n) is 2.04. The van der Waals surface area contributed by atoms with Crippen molar-refractivity contribution >= 4 is 17.7 Å². The van der Waals surface area contributed by atoms with E-state index in [-0.39, 0.29) is 5.71 Å². The predicted octanol–water partition coefficient (Wildman–Crippen LogP) is 1.60. The first-order valence-electron chi connectivity index (χ1n) is 5.34. The summed E-state index contributed by atoms with van der Waals surface area (Å²) in [5, 5.41) is 12.2. The Morgan fingerprint density at radius 3 is 2.53 bits per heavy atom. The third kappa shape index (κ3) is 4.63. The SMILES string of the molecule is COc1ccccc1C(/C=C/C(=O)O)=N/OC(C)=O. The van der Waals surface area contributed by atoms with Crippen molar-refractivity contribution in [3.05, 3.63) is 42.0 Å².